The fourth-order valence-electron chi connectivity index (χ4n) is 3.16. The van der Waals surface area contributed by atoms with E-state index in [4.69, 9.17) is 5.14 Å². The number of nitriles is 1. The van der Waals surface area contributed by atoms with Gasteiger partial charge in [-0.25, -0.2) is 17.2 Å². The van der Waals surface area contributed by atoms with Gasteiger partial charge in [0.25, 0.3) is 0 Å². The Bertz CT molecular complexity index is 852. The molecule has 5 nitrogen and oxygen atoms in total. The normalized spacial score (nSPS) is 18.3. The van der Waals surface area contributed by atoms with E-state index in [2.05, 4.69) is 10.4 Å². The predicted octanol–water partition coefficient (Wildman–Crippen LogP) is 3.27. The van der Waals surface area contributed by atoms with Gasteiger partial charge in [0.15, 0.2) is 0 Å². The molecular weight excluding hydrogens is 373 g/mol. The molecule has 2 N–H and O–H groups in total. The van der Waals surface area contributed by atoms with Crippen LogP contribution in [-0.4, -0.2) is 30.7 Å². The van der Waals surface area contributed by atoms with Crippen molar-refractivity contribution < 1.29 is 12.8 Å². The second-order valence-electron chi connectivity index (χ2n) is 7.86. The van der Waals surface area contributed by atoms with Crippen LogP contribution in [0, 0.1) is 17.1 Å². The Morgan fingerprint density at radius 3 is 2.23 bits per heavy atom. The van der Waals surface area contributed by atoms with Crippen LogP contribution in [0.3, 0.4) is 0 Å². The summed E-state index contributed by atoms with van der Waals surface area (Å²) in [5, 5.41) is 15.1. The number of benzene rings is 1. The molecule has 0 radical (unpaired) electrons. The molecule has 0 spiro atoms. The van der Waals surface area contributed by atoms with Gasteiger partial charge in [0.1, 0.15) is 10.6 Å². The predicted molar refractivity (Wildman–Crippen MR) is 106 cm³/mol. The van der Waals surface area contributed by atoms with E-state index in [0.717, 1.165) is 0 Å². The molecule has 1 aromatic rings. The number of halogens is 1. The molecule has 0 aliphatic rings. The fraction of sp³-hybridized carbons (Fsp3) is 0.611. The molecule has 0 bridgehead atoms. The Hall–Kier alpha value is -1.30. The molecule has 1 unspecified atom stereocenters. The SMILES string of the molecule is CN=[S@](=O)(C[C@](C)(CC(C)(C)S(N)=O)c1ccccc1F)C(C)(C)C#N. The molecule has 146 valence electrons. The van der Waals surface area contributed by atoms with Crippen LogP contribution in [0.5, 0.6) is 0 Å². The van der Waals surface area contributed by atoms with Crippen molar-refractivity contribution in [2.45, 2.75) is 55.9 Å². The highest BCUT2D eigenvalue weighted by Gasteiger charge is 2.44. The van der Waals surface area contributed by atoms with E-state index in [0.29, 0.717) is 5.56 Å². The van der Waals surface area contributed by atoms with Crippen LogP contribution in [0.15, 0.2) is 28.6 Å². The van der Waals surface area contributed by atoms with Crippen LogP contribution in [-0.2, 0) is 26.1 Å². The van der Waals surface area contributed by atoms with E-state index in [1.165, 1.54) is 13.1 Å². The second-order valence-corrected chi connectivity index (χ2v) is 12.5. The van der Waals surface area contributed by atoms with Gasteiger partial charge in [0, 0.05) is 18.2 Å². The maximum Gasteiger partial charge on any atom is 0.134 e. The smallest absolute Gasteiger partial charge is 0.134 e. The molecule has 0 aliphatic carbocycles. The molecule has 0 heterocycles. The average molecular weight is 402 g/mol. The Morgan fingerprint density at radius 1 is 1.27 bits per heavy atom. The summed E-state index contributed by atoms with van der Waals surface area (Å²) in [6, 6.07) is 8.29. The minimum Gasteiger partial charge on any atom is -0.251 e. The number of rotatable bonds is 7. The summed E-state index contributed by atoms with van der Waals surface area (Å²) in [6.07, 6.45) is 0.220. The Balaban J connectivity index is 3.63. The first-order chi connectivity index (χ1) is 11.7. The van der Waals surface area contributed by atoms with Crippen molar-refractivity contribution in [3.05, 3.63) is 35.6 Å². The number of hydrogen-bond acceptors (Lipinski definition) is 4. The van der Waals surface area contributed by atoms with Crippen molar-refractivity contribution >= 4 is 20.7 Å². The lowest BCUT2D eigenvalue weighted by atomic mass is 9.77. The van der Waals surface area contributed by atoms with E-state index in [1.54, 1.807) is 52.8 Å². The molecule has 0 aliphatic heterocycles. The van der Waals surface area contributed by atoms with Gasteiger partial charge in [-0.15, -0.1) is 0 Å². The van der Waals surface area contributed by atoms with E-state index >= 15 is 0 Å². The summed E-state index contributed by atoms with van der Waals surface area (Å²) in [6.45, 7) is 8.34. The lowest BCUT2D eigenvalue weighted by Gasteiger charge is -2.39. The number of nitrogens with zero attached hydrogens (tertiary/aromatic N) is 2. The topological polar surface area (TPSA) is 96.3 Å². The summed E-state index contributed by atoms with van der Waals surface area (Å²) in [7, 11) is -3.27. The Labute approximate surface area is 158 Å². The lowest BCUT2D eigenvalue weighted by molar-refractivity contribution is 0.402. The van der Waals surface area contributed by atoms with E-state index < -0.39 is 41.4 Å². The van der Waals surface area contributed by atoms with Gasteiger partial charge < -0.3 is 0 Å². The van der Waals surface area contributed by atoms with Crippen molar-refractivity contribution in [1.82, 2.24) is 0 Å². The summed E-state index contributed by atoms with van der Waals surface area (Å²) in [4.78, 5) is 0. The Morgan fingerprint density at radius 2 is 1.81 bits per heavy atom. The van der Waals surface area contributed by atoms with Gasteiger partial charge >= 0.3 is 0 Å². The summed E-state index contributed by atoms with van der Waals surface area (Å²) >= 11 is 0. The first-order valence-electron chi connectivity index (χ1n) is 8.20. The van der Waals surface area contributed by atoms with Crippen molar-refractivity contribution in [3.8, 4) is 6.07 Å². The van der Waals surface area contributed by atoms with Crippen molar-refractivity contribution in [2.75, 3.05) is 12.8 Å². The van der Waals surface area contributed by atoms with E-state index in [9.17, 15) is 18.1 Å². The average Bonchev–Trinajstić information content (AvgIpc) is 2.54. The van der Waals surface area contributed by atoms with Crippen LogP contribution in [0.1, 0.15) is 46.6 Å². The molecular formula is C18H28FN3O2S2. The molecule has 26 heavy (non-hydrogen) atoms. The van der Waals surface area contributed by atoms with E-state index in [-0.39, 0.29) is 12.2 Å². The highest BCUT2D eigenvalue weighted by atomic mass is 32.2. The zero-order chi connectivity index (χ0) is 20.4. The molecule has 0 amide bonds. The Kier molecular flexibility index (Phi) is 6.78. The first kappa shape index (κ1) is 22.7. The summed E-state index contributed by atoms with van der Waals surface area (Å²) in [5.74, 6) is -0.486. The zero-order valence-corrected chi connectivity index (χ0v) is 17.8. The first-order valence-corrected chi connectivity index (χ1v) is 11.1. The largest absolute Gasteiger partial charge is 0.251 e. The van der Waals surface area contributed by atoms with Gasteiger partial charge in [0.2, 0.25) is 0 Å². The van der Waals surface area contributed by atoms with Crippen LogP contribution in [0.2, 0.25) is 0 Å². The van der Waals surface area contributed by atoms with Crippen molar-refractivity contribution in [2.24, 2.45) is 9.50 Å². The third-order valence-corrected chi connectivity index (χ3v) is 9.30. The number of hydrogen-bond donors (Lipinski definition) is 1. The van der Waals surface area contributed by atoms with Gasteiger partial charge in [-0.2, -0.15) is 5.26 Å². The maximum absolute atomic E-state index is 14.6. The third kappa shape index (κ3) is 4.51. The molecule has 3 atom stereocenters. The quantitative estimate of drug-likeness (QED) is 0.759. The molecule has 0 saturated carbocycles. The molecule has 1 rings (SSSR count). The van der Waals surface area contributed by atoms with Crippen molar-refractivity contribution in [1.29, 1.82) is 5.26 Å². The molecule has 0 fully saturated rings. The van der Waals surface area contributed by atoms with E-state index in [1.807, 2.05) is 0 Å². The maximum atomic E-state index is 14.6. The second kappa shape index (κ2) is 7.75. The lowest BCUT2D eigenvalue weighted by Crippen LogP contribution is -2.46. The van der Waals surface area contributed by atoms with Crippen LogP contribution >= 0.6 is 0 Å². The standard InChI is InChI=1S/C18H28FN3O2S2/c1-16(2,25(21)23)11-18(5,14-9-7-8-10-15(14)19)13-26(24,22-6)17(3,4)12-20/h7-10H,11,13,21H2,1-6H3/t18-,25?,26-/m0/s1. The van der Waals surface area contributed by atoms with Crippen LogP contribution in [0.4, 0.5) is 4.39 Å². The number of nitrogens with two attached hydrogens (primary N) is 1. The fourth-order valence-corrected chi connectivity index (χ4v) is 5.83. The van der Waals surface area contributed by atoms with Crippen molar-refractivity contribution in [3.63, 3.8) is 0 Å². The van der Waals surface area contributed by atoms with Gasteiger partial charge in [-0.05, 0) is 45.7 Å². The van der Waals surface area contributed by atoms with Gasteiger partial charge in [0.05, 0.1) is 31.5 Å². The zero-order valence-electron chi connectivity index (χ0n) is 16.2. The monoisotopic (exact) mass is 401 g/mol. The molecule has 1 aromatic carbocycles. The molecule has 0 aromatic heterocycles. The molecule has 0 saturated heterocycles. The van der Waals surface area contributed by atoms with Gasteiger partial charge in [-0.3, -0.25) is 5.14 Å². The highest BCUT2D eigenvalue weighted by Crippen LogP contribution is 2.39. The van der Waals surface area contributed by atoms with Crippen LogP contribution < -0.4 is 5.14 Å². The minimum absolute atomic E-state index is 0.0430. The third-order valence-electron chi connectivity index (χ3n) is 4.76. The van der Waals surface area contributed by atoms with Crippen LogP contribution in [0.25, 0.3) is 0 Å². The highest BCUT2D eigenvalue weighted by molar-refractivity contribution is 7.95. The molecule has 8 heteroatoms. The summed E-state index contributed by atoms with van der Waals surface area (Å²) in [5.41, 5.74) is -0.627. The summed E-state index contributed by atoms with van der Waals surface area (Å²) < 4.78 is 42.1. The minimum atomic E-state index is -3.02. The van der Waals surface area contributed by atoms with Gasteiger partial charge in [-0.1, -0.05) is 25.1 Å².